The summed E-state index contributed by atoms with van der Waals surface area (Å²) in [6.07, 6.45) is -7.77. The summed E-state index contributed by atoms with van der Waals surface area (Å²) in [4.78, 5) is 15.1. The van der Waals surface area contributed by atoms with Gasteiger partial charge in [-0.1, -0.05) is 109 Å². The molecule has 4 aromatic carbocycles. The van der Waals surface area contributed by atoms with Crippen LogP contribution in [0.3, 0.4) is 0 Å². The van der Waals surface area contributed by atoms with Crippen LogP contribution < -0.4 is 5.32 Å². The molecule has 0 bridgehead atoms. The minimum atomic E-state index is -1.50. The van der Waals surface area contributed by atoms with E-state index in [0.717, 1.165) is 27.8 Å². The lowest BCUT2D eigenvalue weighted by Crippen LogP contribution is -2.57. The first-order chi connectivity index (χ1) is 29.2. The number of benzene rings is 4. The average Bonchev–Trinajstić information content (AvgIpc) is 3.62. The molecule has 2 aliphatic carbocycles. The highest BCUT2D eigenvalue weighted by atomic mass is 16.7. The fourth-order valence-corrected chi connectivity index (χ4v) is 9.17. The summed E-state index contributed by atoms with van der Waals surface area (Å²) in [6, 6.07) is 34.6. The molecule has 0 radical (unpaired) electrons. The van der Waals surface area contributed by atoms with Crippen LogP contribution in [-0.2, 0) is 23.7 Å². The number of amides is 1. The molecule has 3 fully saturated rings. The molecule has 13 nitrogen and oxygen atoms in total. The van der Waals surface area contributed by atoms with Crippen LogP contribution in [0.2, 0.25) is 0 Å². The van der Waals surface area contributed by atoms with Gasteiger partial charge in [-0.05, 0) is 54.4 Å². The van der Waals surface area contributed by atoms with Crippen LogP contribution in [0.4, 0.5) is 4.79 Å². The second-order valence-corrected chi connectivity index (χ2v) is 16.4. The summed E-state index contributed by atoms with van der Waals surface area (Å²) in [5, 5.41) is 59.9. The molecule has 1 amide bonds. The van der Waals surface area contributed by atoms with E-state index in [2.05, 4.69) is 29.6 Å². The van der Waals surface area contributed by atoms with Crippen molar-refractivity contribution in [3.05, 3.63) is 131 Å². The normalized spacial score (nSPS) is 27.6. The molecule has 60 heavy (non-hydrogen) atoms. The lowest BCUT2D eigenvalue weighted by Gasteiger charge is -2.42. The van der Waals surface area contributed by atoms with Crippen molar-refractivity contribution < 1.29 is 54.0 Å². The SMILES string of the molecule is O=C(NC1CCC(N(C[C@H](O)[C@@H](O)[C@@H]2OC(c3ccccc3)OC[C@H]2O)C[C@H](O)[C@@H](O)C2CCOC(c3ccccc3)O2)CC1)OCC1c2ccccc2-c2ccccc21. The van der Waals surface area contributed by atoms with E-state index >= 15 is 0 Å². The van der Waals surface area contributed by atoms with Gasteiger partial charge >= 0.3 is 6.09 Å². The molecule has 4 aliphatic rings. The van der Waals surface area contributed by atoms with Crippen molar-refractivity contribution in [2.45, 2.75) is 105 Å². The number of ether oxygens (including phenoxy) is 5. The van der Waals surface area contributed by atoms with Crippen molar-refractivity contribution in [1.82, 2.24) is 10.2 Å². The Hall–Kier alpha value is -4.25. The molecule has 1 saturated carbocycles. The maximum atomic E-state index is 13.2. The molecule has 13 heteroatoms. The summed E-state index contributed by atoms with van der Waals surface area (Å²) in [6.45, 7) is 0.314. The third-order valence-electron chi connectivity index (χ3n) is 12.4. The van der Waals surface area contributed by atoms with Crippen LogP contribution in [0.25, 0.3) is 11.1 Å². The third-order valence-corrected chi connectivity index (χ3v) is 12.4. The Labute approximate surface area is 350 Å². The number of aliphatic hydroxyl groups excluding tert-OH is 5. The predicted molar refractivity (Wildman–Crippen MR) is 220 cm³/mol. The van der Waals surface area contributed by atoms with Crippen molar-refractivity contribution in [3.8, 4) is 11.1 Å². The predicted octanol–water partition coefficient (Wildman–Crippen LogP) is 4.56. The second-order valence-electron chi connectivity index (χ2n) is 16.4. The summed E-state index contributed by atoms with van der Waals surface area (Å²) < 4.78 is 29.5. The number of carbonyl (C=O) groups is 1. The first kappa shape index (κ1) is 42.4. The van der Waals surface area contributed by atoms with E-state index in [0.29, 0.717) is 44.3 Å². The molecule has 2 heterocycles. The highest BCUT2D eigenvalue weighted by Crippen LogP contribution is 2.44. The molecule has 6 N–H and O–H groups in total. The van der Waals surface area contributed by atoms with E-state index in [4.69, 9.17) is 23.7 Å². The second kappa shape index (κ2) is 19.6. The van der Waals surface area contributed by atoms with Crippen LogP contribution in [0, 0.1) is 0 Å². The molecule has 4 aromatic rings. The first-order valence-electron chi connectivity index (χ1n) is 21.1. The number of nitrogens with zero attached hydrogens (tertiary/aromatic N) is 1. The van der Waals surface area contributed by atoms with Gasteiger partial charge in [0.05, 0.1) is 31.5 Å². The third kappa shape index (κ3) is 9.77. The number of hydrogen-bond donors (Lipinski definition) is 6. The highest BCUT2D eigenvalue weighted by Gasteiger charge is 2.42. The fraction of sp³-hybridized carbons (Fsp3) is 0.468. The van der Waals surface area contributed by atoms with Crippen molar-refractivity contribution >= 4 is 6.09 Å². The molecule has 8 rings (SSSR count). The van der Waals surface area contributed by atoms with Gasteiger partial charge in [-0.25, -0.2) is 4.79 Å². The van der Waals surface area contributed by atoms with Gasteiger partial charge in [0, 0.05) is 42.2 Å². The zero-order valence-corrected chi connectivity index (χ0v) is 33.5. The van der Waals surface area contributed by atoms with Gasteiger partial charge in [-0.15, -0.1) is 0 Å². The van der Waals surface area contributed by atoms with Gasteiger partial charge in [0.15, 0.2) is 12.6 Å². The van der Waals surface area contributed by atoms with E-state index in [1.165, 1.54) is 0 Å². The Balaban J connectivity index is 0.902. The Morgan fingerprint density at radius 3 is 1.85 bits per heavy atom. The van der Waals surface area contributed by atoms with Gasteiger partial charge in [-0.3, -0.25) is 4.90 Å². The number of hydrogen-bond acceptors (Lipinski definition) is 12. The molecule has 0 spiro atoms. The monoisotopic (exact) mass is 824 g/mol. The summed E-state index contributed by atoms with van der Waals surface area (Å²) >= 11 is 0. The smallest absolute Gasteiger partial charge is 0.407 e. The van der Waals surface area contributed by atoms with E-state index in [1.54, 1.807) is 0 Å². The van der Waals surface area contributed by atoms with Gasteiger partial charge in [-0.2, -0.15) is 0 Å². The number of fused-ring (bicyclic) bond motifs is 3. The topological polar surface area (TPSA) is 180 Å². The van der Waals surface area contributed by atoms with Crippen LogP contribution in [0.1, 0.15) is 72.9 Å². The Morgan fingerprint density at radius 1 is 0.683 bits per heavy atom. The minimum Gasteiger partial charge on any atom is -0.449 e. The van der Waals surface area contributed by atoms with E-state index < -0.39 is 61.4 Å². The number of alkyl carbamates (subject to hydrolysis) is 1. The highest BCUT2D eigenvalue weighted by molar-refractivity contribution is 5.79. The van der Waals surface area contributed by atoms with Crippen molar-refractivity contribution in [1.29, 1.82) is 0 Å². The molecular formula is C47H56N2O11. The number of nitrogens with one attached hydrogen (secondary N) is 1. The molecule has 9 atom stereocenters. The van der Waals surface area contributed by atoms with Crippen LogP contribution >= 0.6 is 0 Å². The standard InChI is InChI=1S/C47H56N2O11/c50-38(42(53)41-23-24-56-45(59-41)29-11-3-1-4-12-29)25-49(26-39(51)43(54)44-40(52)28-57-46(60-44)30-13-5-2-6-14-30)32-21-19-31(20-22-32)48-47(55)58-27-37-35-17-9-7-15-33(35)34-16-8-10-18-36(34)37/h1-18,31-32,37-46,50-54H,19-28H2,(H,48,55)/t31?,32?,38-,39-,40+,41?,42+,43+,44+,45?,46?/m0/s1. The van der Waals surface area contributed by atoms with Crippen molar-refractivity contribution in [3.63, 3.8) is 0 Å². The number of rotatable bonds is 14. The van der Waals surface area contributed by atoms with Crippen LogP contribution in [0.15, 0.2) is 109 Å². The Morgan fingerprint density at radius 2 is 1.23 bits per heavy atom. The Bertz CT molecular complexity index is 1940. The maximum Gasteiger partial charge on any atom is 0.407 e. The van der Waals surface area contributed by atoms with Gasteiger partial charge in [0.2, 0.25) is 0 Å². The maximum absolute atomic E-state index is 13.2. The minimum absolute atomic E-state index is 0.0410. The van der Waals surface area contributed by atoms with E-state index in [9.17, 15) is 30.3 Å². The zero-order chi connectivity index (χ0) is 41.6. The van der Waals surface area contributed by atoms with E-state index in [-0.39, 0.29) is 44.3 Å². The van der Waals surface area contributed by atoms with Gasteiger partial charge < -0.3 is 54.5 Å². The quantitative estimate of drug-likeness (QED) is 0.105. The van der Waals surface area contributed by atoms with E-state index in [1.807, 2.05) is 89.8 Å². The first-order valence-corrected chi connectivity index (χ1v) is 21.1. The summed E-state index contributed by atoms with van der Waals surface area (Å²) in [7, 11) is 0. The molecular weight excluding hydrogens is 769 g/mol. The van der Waals surface area contributed by atoms with Crippen LogP contribution in [-0.4, -0.2) is 124 Å². The van der Waals surface area contributed by atoms with Crippen molar-refractivity contribution in [2.24, 2.45) is 0 Å². The van der Waals surface area contributed by atoms with Gasteiger partial charge in [0.1, 0.15) is 31.0 Å². The number of carbonyl (C=O) groups excluding carboxylic acids is 1. The summed E-state index contributed by atoms with van der Waals surface area (Å²) in [5.41, 5.74) is 6.11. The van der Waals surface area contributed by atoms with Crippen molar-refractivity contribution in [2.75, 3.05) is 32.9 Å². The Kier molecular flexibility index (Phi) is 13.9. The van der Waals surface area contributed by atoms with Gasteiger partial charge in [0.25, 0.3) is 0 Å². The fourth-order valence-electron chi connectivity index (χ4n) is 9.17. The molecule has 2 saturated heterocycles. The average molecular weight is 825 g/mol. The zero-order valence-electron chi connectivity index (χ0n) is 33.5. The molecule has 0 aromatic heterocycles. The molecule has 2 aliphatic heterocycles. The largest absolute Gasteiger partial charge is 0.449 e. The lowest BCUT2D eigenvalue weighted by atomic mass is 9.89. The lowest BCUT2D eigenvalue weighted by molar-refractivity contribution is -0.283. The van der Waals surface area contributed by atoms with Crippen LogP contribution in [0.5, 0.6) is 0 Å². The number of aliphatic hydroxyl groups is 5. The molecule has 3 unspecified atom stereocenters. The molecule has 320 valence electrons. The summed E-state index contributed by atoms with van der Waals surface area (Å²) in [5.74, 6) is -0.0522.